The van der Waals surface area contributed by atoms with Crippen LogP contribution in [0.3, 0.4) is 0 Å². The highest BCUT2D eigenvalue weighted by Crippen LogP contribution is 2.37. The first-order valence-electron chi connectivity index (χ1n) is 7.19. The number of nitrogens with one attached hydrogen (secondary N) is 1. The van der Waals surface area contributed by atoms with Gasteiger partial charge in [0.15, 0.2) is 0 Å². The molecular formula is C15H20Cl2N2O3. The summed E-state index contributed by atoms with van der Waals surface area (Å²) < 4.78 is 10.9. The summed E-state index contributed by atoms with van der Waals surface area (Å²) in [6.07, 6.45) is 1.81. The van der Waals surface area contributed by atoms with E-state index in [2.05, 4.69) is 5.32 Å². The van der Waals surface area contributed by atoms with Crippen molar-refractivity contribution in [2.24, 2.45) is 5.73 Å². The number of ether oxygens (including phenoxy) is 2. The van der Waals surface area contributed by atoms with Crippen molar-refractivity contribution in [2.75, 3.05) is 19.8 Å². The SMILES string of the molecule is Cl.NC1(C(=O)NC2CCOc3c(Cl)cccc32)CCOCC1. The van der Waals surface area contributed by atoms with E-state index in [4.69, 9.17) is 26.8 Å². The highest BCUT2D eigenvalue weighted by molar-refractivity contribution is 6.32. The summed E-state index contributed by atoms with van der Waals surface area (Å²) in [6.45, 7) is 1.59. The molecule has 0 radical (unpaired) electrons. The maximum Gasteiger partial charge on any atom is 0.240 e. The predicted molar refractivity (Wildman–Crippen MR) is 86.7 cm³/mol. The zero-order chi connectivity index (χ0) is 14.9. The van der Waals surface area contributed by atoms with Gasteiger partial charge in [-0.1, -0.05) is 23.7 Å². The molecule has 2 heterocycles. The Morgan fingerprint density at radius 3 is 2.77 bits per heavy atom. The van der Waals surface area contributed by atoms with E-state index < -0.39 is 5.54 Å². The number of rotatable bonds is 2. The van der Waals surface area contributed by atoms with Crippen molar-refractivity contribution in [3.05, 3.63) is 28.8 Å². The average Bonchev–Trinajstić information content (AvgIpc) is 2.49. The van der Waals surface area contributed by atoms with Gasteiger partial charge in [-0.25, -0.2) is 0 Å². The van der Waals surface area contributed by atoms with E-state index in [0.29, 0.717) is 49.9 Å². The maximum absolute atomic E-state index is 12.5. The first kappa shape index (κ1) is 17.3. The molecule has 0 saturated carbocycles. The minimum Gasteiger partial charge on any atom is -0.492 e. The van der Waals surface area contributed by atoms with E-state index in [1.54, 1.807) is 6.07 Å². The summed E-state index contributed by atoms with van der Waals surface area (Å²) in [5.41, 5.74) is 6.30. The Hall–Kier alpha value is -1.01. The van der Waals surface area contributed by atoms with E-state index in [-0.39, 0.29) is 24.4 Å². The zero-order valence-electron chi connectivity index (χ0n) is 12.1. The van der Waals surface area contributed by atoms with Crippen molar-refractivity contribution in [3.63, 3.8) is 0 Å². The fourth-order valence-electron chi connectivity index (χ4n) is 2.80. The van der Waals surface area contributed by atoms with Crippen molar-refractivity contribution in [1.29, 1.82) is 0 Å². The lowest BCUT2D eigenvalue weighted by Gasteiger charge is -2.35. The summed E-state index contributed by atoms with van der Waals surface area (Å²) >= 11 is 6.14. The minimum atomic E-state index is -0.838. The molecule has 122 valence electrons. The molecule has 0 aliphatic carbocycles. The zero-order valence-corrected chi connectivity index (χ0v) is 13.7. The van der Waals surface area contributed by atoms with Crippen LogP contribution in [0.15, 0.2) is 18.2 Å². The van der Waals surface area contributed by atoms with Gasteiger partial charge < -0.3 is 20.5 Å². The number of carbonyl (C=O) groups excluding carboxylic acids is 1. The summed E-state index contributed by atoms with van der Waals surface area (Å²) in [5, 5.41) is 3.62. The lowest BCUT2D eigenvalue weighted by Crippen LogP contribution is -2.57. The Bertz CT molecular complexity index is 548. The molecule has 2 aliphatic rings. The van der Waals surface area contributed by atoms with E-state index >= 15 is 0 Å². The fraction of sp³-hybridized carbons (Fsp3) is 0.533. The maximum atomic E-state index is 12.5. The Balaban J connectivity index is 0.00000176. The van der Waals surface area contributed by atoms with Crippen LogP contribution in [0.25, 0.3) is 0 Å². The Morgan fingerprint density at radius 2 is 2.05 bits per heavy atom. The van der Waals surface area contributed by atoms with Crippen LogP contribution in [0.2, 0.25) is 5.02 Å². The third-order valence-electron chi connectivity index (χ3n) is 4.17. The van der Waals surface area contributed by atoms with Gasteiger partial charge >= 0.3 is 0 Å². The largest absolute Gasteiger partial charge is 0.492 e. The number of hydrogen-bond acceptors (Lipinski definition) is 4. The quantitative estimate of drug-likeness (QED) is 0.860. The third kappa shape index (κ3) is 3.33. The highest BCUT2D eigenvalue weighted by Gasteiger charge is 2.37. The van der Waals surface area contributed by atoms with Crippen LogP contribution in [0.5, 0.6) is 5.75 Å². The molecule has 1 saturated heterocycles. The average molecular weight is 347 g/mol. The first-order valence-corrected chi connectivity index (χ1v) is 7.57. The second-order valence-corrected chi connectivity index (χ2v) is 6.00. The molecule has 1 atom stereocenters. The van der Waals surface area contributed by atoms with Gasteiger partial charge in [0.25, 0.3) is 0 Å². The Labute approximate surface area is 140 Å². The predicted octanol–water partition coefficient (Wildman–Crippen LogP) is 2.21. The van der Waals surface area contributed by atoms with Gasteiger partial charge in [-0.2, -0.15) is 0 Å². The number of para-hydroxylation sites is 1. The van der Waals surface area contributed by atoms with Crippen molar-refractivity contribution < 1.29 is 14.3 Å². The van der Waals surface area contributed by atoms with Gasteiger partial charge in [0.05, 0.1) is 23.2 Å². The fourth-order valence-corrected chi connectivity index (χ4v) is 3.04. The van der Waals surface area contributed by atoms with Crippen LogP contribution in [-0.2, 0) is 9.53 Å². The molecule has 1 aromatic rings. The monoisotopic (exact) mass is 346 g/mol. The molecule has 22 heavy (non-hydrogen) atoms. The molecule has 7 heteroatoms. The Kier molecular flexibility index (Phi) is 5.55. The number of carbonyl (C=O) groups is 1. The van der Waals surface area contributed by atoms with Crippen molar-refractivity contribution in [1.82, 2.24) is 5.32 Å². The molecule has 0 bridgehead atoms. The van der Waals surface area contributed by atoms with Gasteiger partial charge in [0.2, 0.25) is 5.91 Å². The van der Waals surface area contributed by atoms with Crippen molar-refractivity contribution >= 4 is 29.9 Å². The van der Waals surface area contributed by atoms with E-state index in [1.807, 2.05) is 12.1 Å². The van der Waals surface area contributed by atoms with Crippen molar-refractivity contribution in [2.45, 2.75) is 30.8 Å². The van der Waals surface area contributed by atoms with Crippen LogP contribution >= 0.6 is 24.0 Å². The van der Waals surface area contributed by atoms with Gasteiger partial charge in [0, 0.05) is 25.2 Å². The lowest BCUT2D eigenvalue weighted by atomic mass is 9.89. The number of halogens is 2. The topological polar surface area (TPSA) is 73.6 Å². The summed E-state index contributed by atoms with van der Waals surface area (Å²) in [6, 6.07) is 5.47. The molecular weight excluding hydrogens is 327 g/mol. The van der Waals surface area contributed by atoms with Gasteiger partial charge in [0.1, 0.15) is 5.75 Å². The van der Waals surface area contributed by atoms with E-state index in [1.165, 1.54) is 0 Å². The molecule has 3 N–H and O–H groups in total. The van der Waals surface area contributed by atoms with Gasteiger partial charge in [-0.3, -0.25) is 4.79 Å². The lowest BCUT2D eigenvalue weighted by molar-refractivity contribution is -0.130. The smallest absolute Gasteiger partial charge is 0.240 e. The molecule has 0 aromatic heterocycles. The number of hydrogen-bond donors (Lipinski definition) is 2. The minimum absolute atomic E-state index is 0. The Morgan fingerprint density at radius 1 is 1.32 bits per heavy atom. The summed E-state index contributed by atoms with van der Waals surface area (Å²) in [5.74, 6) is 0.539. The molecule has 1 amide bonds. The number of fused-ring (bicyclic) bond motifs is 1. The van der Waals surface area contributed by atoms with Crippen LogP contribution in [0.1, 0.15) is 30.9 Å². The molecule has 2 aliphatic heterocycles. The molecule has 1 unspecified atom stereocenters. The highest BCUT2D eigenvalue weighted by atomic mass is 35.5. The van der Waals surface area contributed by atoms with Crippen LogP contribution in [-0.4, -0.2) is 31.3 Å². The second-order valence-electron chi connectivity index (χ2n) is 5.59. The number of amides is 1. The first-order chi connectivity index (χ1) is 10.1. The molecule has 1 fully saturated rings. The standard InChI is InChI=1S/C15H19ClN2O3.ClH/c16-11-3-1-2-10-12(4-7-21-13(10)11)18-14(19)15(17)5-8-20-9-6-15;/h1-3,12H,4-9,17H2,(H,18,19);1H. The van der Waals surface area contributed by atoms with Crippen LogP contribution in [0, 0.1) is 0 Å². The molecule has 1 aromatic carbocycles. The van der Waals surface area contributed by atoms with Crippen LogP contribution < -0.4 is 15.8 Å². The normalized spacial score (nSPS) is 22.7. The van der Waals surface area contributed by atoms with E-state index in [0.717, 1.165) is 5.56 Å². The second kappa shape index (κ2) is 7.04. The molecule has 5 nitrogen and oxygen atoms in total. The van der Waals surface area contributed by atoms with Crippen molar-refractivity contribution in [3.8, 4) is 5.75 Å². The molecule has 0 spiro atoms. The van der Waals surface area contributed by atoms with Gasteiger partial charge in [-0.05, 0) is 18.9 Å². The van der Waals surface area contributed by atoms with Gasteiger partial charge in [-0.15, -0.1) is 12.4 Å². The number of nitrogens with two attached hydrogens (primary N) is 1. The van der Waals surface area contributed by atoms with Crippen LogP contribution in [0.4, 0.5) is 0 Å². The van der Waals surface area contributed by atoms with E-state index in [9.17, 15) is 4.79 Å². The third-order valence-corrected chi connectivity index (χ3v) is 4.47. The summed E-state index contributed by atoms with van der Waals surface area (Å²) in [7, 11) is 0. The number of benzene rings is 1. The summed E-state index contributed by atoms with van der Waals surface area (Å²) in [4.78, 5) is 12.5. The molecule has 3 rings (SSSR count).